The number of carbonyl (C=O) groups excluding carboxylic acids is 2. The van der Waals surface area contributed by atoms with Crippen LogP contribution in [0.1, 0.15) is 5.82 Å². The summed E-state index contributed by atoms with van der Waals surface area (Å²) in [5, 5.41) is 0. The highest BCUT2D eigenvalue weighted by Crippen LogP contribution is 2.10. The number of ether oxygens (including phenoxy) is 1. The van der Waals surface area contributed by atoms with Crippen molar-refractivity contribution in [2.45, 2.75) is 6.42 Å². The molecule has 0 fully saturated rings. The van der Waals surface area contributed by atoms with Crippen molar-refractivity contribution in [1.82, 2.24) is 20.8 Å². The van der Waals surface area contributed by atoms with E-state index < -0.39 is 5.91 Å². The van der Waals surface area contributed by atoms with Gasteiger partial charge < -0.3 is 9.72 Å². The number of rotatable bonds is 5. The van der Waals surface area contributed by atoms with Crippen LogP contribution in [0.25, 0.3) is 11.0 Å². The number of aromatic nitrogens is 2. The summed E-state index contributed by atoms with van der Waals surface area (Å²) >= 11 is 0. The van der Waals surface area contributed by atoms with Gasteiger partial charge in [0.2, 0.25) is 5.91 Å². The number of H-pyrrole nitrogens is 1. The summed E-state index contributed by atoms with van der Waals surface area (Å²) in [6, 6.07) is 16.5. The van der Waals surface area contributed by atoms with Crippen molar-refractivity contribution in [2.24, 2.45) is 0 Å². The minimum absolute atomic E-state index is 0.0362. The maximum atomic E-state index is 11.8. The fraction of sp³-hybridized carbons (Fsp3) is 0.118. The third-order valence-electron chi connectivity index (χ3n) is 3.22. The zero-order valence-corrected chi connectivity index (χ0v) is 12.8. The van der Waals surface area contributed by atoms with Crippen molar-refractivity contribution in [1.29, 1.82) is 0 Å². The Morgan fingerprint density at radius 3 is 2.46 bits per heavy atom. The summed E-state index contributed by atoms with van der Waals surface area (Å²) in [6.45, 7) is -0.186. The molecule has 1 aromatic heterocycles. The average Bonchev–Trinajstić information content (AvgIpc) is 3.01. The lowest BCUT2D eigenvalue weighted by Crippen LogP contribution is -2.44. The number of hydrazine groups is 1. The van der Waals surface area contributed by atoms with E-state index in [9.17, 15) is 9.59 Å². The molecule has 0 atom stereocenters. The largest absolute Gasteiger partial charge is 0.484 e. The second-order valence-electron chi connectivity index (χ2n) is 5.08. The molecule has 122 valence electrons. The topological polar surface area (TPSA) is 96.1 Å². The number of fused-ring (bicyclic) bond motifs is 1. The minimum Gasteiger partial charge on any atom is -0.484 e. The summed E-state index contributed by atoms with van der Waals surface area (Å²) in [5.41, 5.74) is 6.29. The van der Waals surface area contributed by atoms with E-state index >= 15 is 0 Å². The van der Waals surface area contributed by atoms with Crippen LogP contribution in [-0.2, 0) is 16.0 Å². The monoisotopic (exact) mass is 324 g/mol. The van der Waals surface area contributed by atoms with E-state index in [1.54, 1.807) is 12.1 Å². The van der Waals surface area contributed by atoms with Gasteiger partial charge in [-0.15, -0.1) is 0 Å². The van der Waals surface area contributed by atoms with Gasteiger partial charge in [0.15, 0.2) is 6.61 Å². The molecule has 3 rings (SSSR count). The first-order valence-corrected chi connectivity index (χ1v) is 7.40. The van der Waals surface area contributed by atoms with Gasteiger partial charge in [0.1, 0.15) is 11.6 Å². The second kappa shape index (κ2) is 7.28. The second-order valence-corrected chi connectivity index (χ2v) is 5.08. The molecule has 0 saturated heterocycles. The Bertz CT molecular complexity index is 812. The molecule has 3 aromatic rings. The number of para-hydroxylation sites is 3. The van der Waals surface area contributed by atoms with Gasteiger partial charge in [0.25, 0.3) is 5.91 Å². The highest BCUT2D eigenvalue weighted by atomic mass is 16.5. The summed E-state index contributed by atoms with van der Waals surface area (Å²) < 4.78 is 5.28. The third-order valence-corrected chi connectivity index (χ3v) is 3.22. The number of benzene rings is 2. The Kier molecular flexibility index (Phi) is 4.71. The Hall–Kier alpha value is -3.35. The first kappa shape index (κ1) is 15.5. The van der Waals surface area contributed by atoms with Crippen LogP contribution in [0.3, 0.4) is 0 Å². The summed E-state index contributed by atoms with van der Waals surface area (Å²) in [4.78, 5) is 30.8. The third kappa shape index (κ3) is 4.10. The zero-order valence-electron chi connectivity index (χ0n) is 12.8. The first-order valence-electron chi connectivity index (χ1n) is 7.40. The van der Waals surface area contributed by atoms with E-state index in [2.05, 4.69) is 20.8 Å². The van der Waals surface area contributed by atoms with E-state index in [1.165, 1.54) is 0 Å². The lowest BCUT2D eigenvalue weighted by molar-refractivity contribution is -0.129. The van der Waals surface area contributed by atoms with Crippen molar-refractivity contribution < 1.29 is 14.3 Å². The van der Waals surface area contributed by atoms with Crippen LogP contribution >= 0.6 is 0 Å². The molecular formula is C17H16N4O3. The maximum Gasteiger partial charge on any atom is 0.276 e. The quantitative estimate of drug-likeness (QED) is 0.617. The number of hydrogen-bond acceptors (Lipinski definition) is 4. The van der Waals surface area contributed by atoms with Gasteiger partial charge in [-0.1, -0.05) is 30.3 Å². The van der Waals surface area contributed by atoms with Gasteiger partial charge >= 0.3 is 0 Å². The molecule has 0 aliphatic heterocycles. The molecule has 0 bridgehead atoms. The van der Waals surface area contributed by atoms with Crippen molar-refractivity contribution >= 4 is 22.8 Å². The van der Waals surface area contributed by atoms with Gasteiger partial charge in [-0.25, -0.2) is 4.98 Å². The minimum atomic E-state index is -0.447. The Balaban J connectivity index is 1.44. The number of aromatic amines is 1. The molecule has 2 aromatic carbocycles. The predicted molar refractivity (Wildman–Crippen MR) is 88.0 cm³/mol. The molecule has 1 heterocycles. The Morgan fingerprint density at radius 2 is 1.67 bits per heavy atom. The van der Waals surface area contributed by atoms with Crippen molar-refractivity contribution in [3.63, 3.8) is 0 Å². The van der Waals surface area contributed by atoms with Crippen LogP contribution in [0.5, 0.6) is 5.75 Å². The average molecular weight is 324 g/mol. The predicted octanol–water partition coefficient (Wildman–Crippen LogP) is 1.33. The van der Waals surface area contributed by atoms with Gasteiger partial charge in [-0.05, 0) is 24.3 Å². The highest BCUT2D eigenvalue weighted by Gasteiger charge is 2.09. The molecule has 2 amide bonds. The number of nitrogens with zero attached hydrogens (tertiary/aromatic N) is 1. The fourth-order valence-corrected chi connectivity index (χ4v) is 2.13. The number of carbonyl (C=O) groups is 2. The smallest absolute Gasteiger partial charge is 0.276 e. The van der Waals surface area contributed by atoms with Crippen LogP contribution in [-0.4, -0.2) is 28.4 Å². The number of hydrogen-bond donors (Lipinski definition) is 3. The van der Waals surface area contributed by atoms with Gasteiger partial charge in [-0.2, -0.15) is 0 Å². The van der Waals surface area contributed by atoms with Crippen LogP contribution in [0.15, 0.2) is 54.6 Å². The van der Waals surface area contributed by atoms with Crippen molar-refractivity contribution in [3.8, 4) is 5.75 Å². The number of amides is 2. The van der Waals surface area contributed by atoms with Gasteiger partial charge in [0.05, 0.1) is 17.5 Å². The molecule has 0 spiro atoms. The van der Waals surface area contributed by atoms with E-state index in [1.807, 2.05) is 42.5 Å². The summed E-state index contributed by atoms with van der Waals surface area (Å²) in [5.74, 6) is 0.295. The number of nitrogens with one attached hydrogen (secondary N) is 3. The maximum absolute atomic E-state index is 11.8. The summed E-state index contributed by atoms with van der Waals surface area (Å²) in [6.07, 6.45) is 0.0362. The molecule has 0 unspecified atom stereocenters. The zero-order chi connectivity index (χ0) is 16.8. The molecule has 7 heteroatoms. The van der Waals surface area contributed by atoms with Gasteiger partial charge in [-0.3, -0.25) is 20.4 Å². The van der Waals surface area contributed by atoms with E-state index in [0.29, 0.717) is 11.6 Å². The van der Waals surface area contributed by atoms with Crippen molar-refractivity contribution in [2.75, 3.05) is 6.61 Å². The molecule has 0 aliphatic rings. The Labute approximate surface area is 138 Å². The SMILES string of the molecule is O=C(COc1ccccc1)NNC(=O)Cc1nc2ccccc2[nH]1. The molecule has 24 heavy (non-hydrogen) atoms. The number of imidazole rings is 1. The fourth-order valence-electron chi connectivity index (χ4n) is 2.13. The van der Waals surface area contributed by atoms with E-state index in [4.69, 9.17) is 4.74 Å². The van der Waals surface area contributed by atoms with Crippen LogP contribution < -0.4 is 15.6 Å². The molecule has 0 saturated carbocycles. The summed E-state index contributed by atoms with van der Waals surface area (Å²) in [7, 11) is 0. The van der Waals surface area contributed by atoms with Crippen LogP contribution in [0, 0.1) is 0 Å². The normalized spacial score (nSPS) is 10.3. The first-order chi connectivity index (χ1) is 11.7. The van der Waals surface area contributed by atoms with Crippen LogP contribution in [0.2, 0.25) is 0 Å². The molecule has 7 nitrogen and oxygen atoms in total. The molecular weight excluding hydrogens is 308 g/mol. The standard InChI is InChI=1S/C17H16N4O3/c22-16(10-15-18-13-8-4-5-9-14(13)19-15)20-21-17(23)11-24-12-6-2-1-3-7-12/h1-9H,10-11H2,(H,18,19)(H,20,22)(H,21,23). The lowest BCUT2D eigenvalue weighted by Gasteiger charge is -2.08. The van der Waals surface area contributed by atoms with Crippen LogP contribution in [0.4, 0.5) is 0 Å². The molecule has 0 aliphatic carbocycles. The Morgan fingerprint density at radius 1 is 0.958 bits per heavy atom. The van der Waals surface area contributed by atoms with E-state index in [0.717, 1.165) is 11.0 Å². The lowest BCUT2D eigenvalue weighted by atomic mass is 10.3. The van der Waals surface area contributed by atoms with Gasteiger partial charge in [0, 0.05) is 0 Å². The van der Waals surface area contributed by atoms with E-state index in [-0.39, 0.29) is 18.9 Å². The molecule has 3 N–H and O–H groups in total. The van der Waals surface area contributed by atoms with Crippen molar-refractivity contribution in [3.05, 3.63) is 60.4 Å². The highest BCUT2D eigenvalue weighted by molar-refractivity contribution is 5.84. The molecule has 0 radical (unpaired) electrons.